The van der Waals surface area contributed by atoms with Crippen LogP contribution < -0.4 is 16.6 Å². The van der Waals surface area contributed by atoms with Crippen LogP contribution >= 0.6 is 0 Å². The van der Waals surface area contributed by atoms with Gasteiger partial charge in [-0.05, 0) is 18.8 Å². The maximum Gasteiger partial charge on any atom is 0.148 e. The predicted molar refractivity (Wildman–Crippen MR) is 60.4 cm³/mol. The fourth-order valence-electron chi connectivity index (χ4n) is 1.62. The fourth-order valence-corrected chi connectivity index (χ4v) is 1.62. The molecule has 4 N–H and O–H groups in total. The lowest BCUT2D eigenvalue weighted by molar-refractivity contribution is 0.629. The topological polar surface area (TPSA) is 75.9 Å². The minimum atomic E-state index is 0.383. The lowest BCUT2D eigenvalue weighted by atomic mass is 10.2. The Morgan fingerprint density at radius 1 is 1.40 bits per heavy atom. The molecule has 15 heavy (non-hydrogen) atoms. The van der Waals surface area contributed by atoms with Crippen molar-refractivity contribution in [1.82, 2.24) is 9.97 Å². The van der Waals surface area contributed by atoms with Gasteiger partial charge in [0.05, 0.1) is 0 Å². The van der Waals surface area contributed by atoms with Gasteiger partial charge in [0, 0.05) is 11.6 Å². The highest BCUT2D eigenvalue weighted by molar-refractivity contribution is 5.56. The molecule has 1 unspecified atom stereocenters. The zero-order chi connectivity index (χ0) is 11.1. The average Bonchev–Trinajstić information content (AvgIpc) is 2.77. The van der Waals surface area contributed by atoms with Crippen molar-refractivity contribution in [3.8, 4) is 0 Å². The van der Waals surface area contributed by atoms with Crippen molar-refractivity contribution in [2.45, 2.75) is 33.2 Å². The lowest BCUT2D eigenvalue weighted by Crippen LogP contribution is -2.15. The fraction of sp³-hybridized carbons (Fsp3) is 0.600. The Labute approximate surface area is 89.5 Å². The summed E-state index contributed by atoms with van der Waals surface area (Å²) in [4.78, 5) is 8.25. The van der Waals surface area contributed by atoms with Crippen molar-refractivity contribution in [1.29, 1.82) is 0 Å². The van der Waals surface area contributed by atoms with Gasteiger partial charge >= 0.3 is 0 Å². The summed E-state index contributed by atoms with van der Waals surface area (Å²) in [5.41, 5.74) is 3.90. The Morgan fingerprint density at radius 3 is 2.53 bits per heavy atom. The molecule has 5 nitrogen and oxygen atoms in total. The Bertz CT molecular complexity index is 374. The molecule has 5 heteroatoms. The summed E-state index contributed by atoms with van der Waals surface area (Å²) in [6, 6.07) is 0.511. The van der Waals surface area contributed by atoms with E-state index in [0.29, 0.717) is 17.3 Å². The molecule has 1 aliphatic rings. The van der Waals surface area contributed by atoms with Crippen molar-refractivity contribution < 1.29 is 0 Å². The number of nitrogens with two attached hydrogens (primary N) is 1. The van der Waals surface area contributed by atoms with Gasteiger partial charge in [-0.1, -0.05) is 13.8 Å². The van der Waals surface area contributed by atoms with Crippen LogP contribution in [0, 0.1) is 12.3 Å². The van der Waals surface area contributed by atoms with Gasteiger partial charge in [0.2, 0.25) is 0 Å². The first-order valence-electron chi connectivity index (χ1n) is 5.09. The maximum atomic E-state index is 5.35. The number of hydrazine groups is 1. The Balaban J connectivity index is 2.15. The van der Waals surface area contributed by atoms with Crippen LogP contribution in [0.3, 0.4) is 0 Å². The highest BCUT2D eigenvalue weighted by Crippen LogP contribution is 2.46. The van der Waals surface area contributed by atoms with Crippen LogP contribution in [0.2, 0.25) is 0 Å². The van der Waals surface area contributed by atoms with E-state index in [1.54, 1.807) is 0 Å². The summed E-state index contributed by atoms with van der Waals surface area (Å²) in [6.45, 7) is 6.43. The number of aromatic nitrogens is 2. The Hall–Kier alpha value is -1.36. The molecule has 1 aliphatic carbocycles. The molecular weight excluding hydrogens is 190 g/mol. The first-order valence-corrected chi connectivity index (χ1v) is 5.09. The molecule has 0 bridgehead atoms. The van der Waals surface area contributed by atoms with Gasteiger partial charge in [-0.3, -0.25) is 0 Å². The zero-order valence-corrected chi connectivity index (χ0v) is 9.33. The summed E-state index contributed by atoms with van der Waals surface area (Å²) in [5, 5.41) is 3.40. The van der Waals surface area contributed by atoms with Crippen LogP contribution in [0.25, 0.3) is 0 Å². The molecule has 0 radical (unpaired) electrons. The van der Waals surface area contributed by atoms with E-state index in [9.17, 15) is 0 Å². The van der Waals surface area contributed by atoms with Crippen LogP contribution in [-0.2, 0) is 0 Å². The monoisotopic (exact) mass is 207 g/mol. The summed E-state index contributed by atoms with van der Waals surface area (Å²) < 4.78 is 0. The molecule has 82 valence electrons. The van der Waals surface area contributed by atoms with E-state index in [-0.39, 0.29) is 0 Å². The molecule has 1 heterocycles. The minimum absolute atomic E-state index is 0.383. The SMILES string of the molecule is Cc1c(NN)ncnc1NC1CC1(C)C. The molecule has 1 aromatic rings. The number of rotatable bonds is 3. The van der Waals surface area contributed by atoms with E-state index >= 15 is 0 Å². The first kappa shape index (κ1) is 10.2. The zero-order valence-electron chi connectivity index (χ0n) is 9.33. The van der Waals surface area contributed by atoms with E-state index in [1.807, 2.05) is 6.92 Å². The van der Waals surface area contributed by atoms with E-state index < -0.39 is 0 Å². The second-order valence-corrected chi connectivity index (χ2v) is 4.73. The van der Waals surface area contributed by atoms with Gasteiger partial charge in [0.25, 0.3) is 0 Å². The van der Waals surface area contributed by atoms with Gasteiger partial charge in [0.1, 0.15) is 18.0 Å². The third-order valence-electron chi connectivity index (χ3n) is 3.05. The third kappa shape index (κ3) is 1.87. The van der Waals surface area contributed by atoms with Crippen molar-refractivity contribution in [2.24, 2.45) is 11.3 Å². The van der Waals surface area contributed by atoms with E-state index in [0.717, 1.165) is 11.4 Å². The molecule has 0 amide bonds. The number of nitrogen functional groups attached to an aromatic ring is 1. The molecular formula is C10H17N5. The number of hydrogen-bond acceptors (Lipinski definition) is 5. The second kappa shape index (κ2) is 3.34. The number of nitrogens with one attached hydrogen (secondary N) is 2. The molecule has 1 aromatic heterocycles. The molecule has 1 saturated carbocycles. The molecule has 0 aromatic carbocycles. The summed E-state index contributed by atoms with van der Waals surface area (Å²) >= 11 is 0. The van der Waals surface area contributed by atoms with E-state index in [2.05, 4.69) is 34.6 Å². The van der Waals surface area contributed by atoms with E-state index in [1.165, 1.54) is 12.7 Å². The molecule has 1 fully saturated rings. The van der Waals surface area contributed by atoms with Crippen LogP contribution in [0.4, 0.5) is 11.6 Å². The smallest absolute Gasteiger partial charge is 0.148 e. The van der Waals surface area contributed by atoms with Crippen LogP contribution in [0.15, 0.2) is 6.33 Å². The number of hydrogen-bond donors (Lipinski definition) is 3. The lowest BCUT2D eigenvalue weighted by Gasteiger charge is -2.11. The molecule has 0 aliphatic heterocycles. The Kier molecular flexibility index (Phi) is 2.26. The first-order chi connectivity index (χ1) is 7.04. The normalized spacial score (nSPS) is 22.3. The molecule has 2 rings (SSSR count). The van der Waals surface area contributed by atoms with Gasteiger partial charge in [0.15, 0.2) is 0 Å². The summed E-state index contributed by atoms with van der Waals surface area (Å²) in [5.74, 6) is 6.89. The molecule has 1 atom stereocenters. The highest BCUT2D eigenvalue weighted by atomic mass is 15.3. The second-order valence-electron chi connectivity index (χ2n) is 4.73. The van der Waals surface area contributed by atoms with Crippen molar-refractivity contribution >= 4 is 11.6 Å². The summed E-state index contributed by atoms with van der Waals surface area (Å²) in [6.07, 6.45) is 2.70. The maximum absolute atomic E-state index is 5.35. The largest absolute Gasteiger partial charge is 0.366 e. The van der Waals surface area contributed by atoms with Gasteiger partial charge in [-0.2, -0.15) is 0 Å². The van der Waals surface area contributed by atoms with Crippen LogP contribution in [-0.4, -0.2) is 16.0 Å². The third-order valence-corrected chi connectivity index (χ3v) is 3.05. The van der Waals surface area contributed by atoms with Crippen molar-refractivity contribution in [3.63, 3.8) is 0 Å². The van der Waals surface area contributed by atoms with Gasteiger partial charge in [-0.25, -0.2) is 15.8 Å². The Morgan fingerprint density at radius 2 is 2.00 bits per heavy atom. The molecule has 0 spiro atoms. The standard InChI is InChI=1S/C10H17N5/c1-6-8(12-5-13-9(6)15-11)14-7-4-10(7,2)3/h5,7H,4,11H2,1-3H3,(H2,12,13,14,15). The van der Waals surface area contributed by atoms with Gasteiger partial charge in [-0.15, -0.1) is 0 Å². The molecule has 0 saturated heterocycles. The van der Waals surface area contributed by atoms with Crippen molar-refractivity contribution in [2.75, 3.05) is 10.7 Å². The quantitative estimate of drug-likeness (QED) is 0.514. The van der Waals surface area contributed by atoms with E-state index in [4.69, 9.17) is 5.84 Å². The van der Waals surface area contributed by atoms with Gasteiger partial charge < -0.3 is 10.7 Å². The summed E-state index contributed by atoms with van der Waals surface area (Å²) in [7, 11) is 0. The van der Waals surface area contributed by atoms with Crippen LogP contribution in [0.5, 0.6) is 0 Å². The highest BCUT2D eigenvalue weighted by Gasteiger charge is 2.46. The number of nitrogens with zero attached hydrogens (tertiary/aromatic N) is 2. The van der Waals surface area contributed by atoms with Crippen molar-refractivity contribution in [3.05, 3.63) is 11.9 Å². The number of anilines is 2. The minimum Gasteiger partial charge on any atom is -0.366 e. The average molecular weight is 207 g/mol. The predicted octanol–water partition coefficient (Wildman–Crippen LogP) is 1.28. The van der Waals surface area contributed by atoms with Crippen LogP contribution in [0.1, 0.15) is 25.8 Å².